The molecule has 0 aliphatic heterocycles. The number of nitrogens with one attached hydrogen (secondary N) is 1. The number of aromatic nitrogens is 3. The topological polar surface area (TPSA) is 59.3 Å². The molecule has 1 N–H and O–H groups in total. The Hall–Kier alpha value is -2.37. The minimum Gasteiger partial charge on any atom is -0.345 e. The summed E-state index contributed by atoms with van der Waals surface area (Å²) in [6, 6.07) is 10.8. The van der Waals surface area contributed by atoms with E-state index < -0.39 is 0 Å². The van der Waals surface area contributed by atoms with E-state index in [2.05, 4.69) is 15.5 Å². The van der Waals surface area contributed by atoms with Crippen LogP contribution in [0, 0.1) is 0 Å². The lowest BCUT2D eigenvalue weighted by Crippen LogP contribution is -2.21. The molecule has 23 heavy (non-hydrogen) atoms. The Labute approximate surface area is 142 Å². The van der Waals surface area contributed by atoms with Crippen LogP contribution in [0.15, 0.2) is 48.7 Å². The van der Waals surface area contributed by atoms with Gasteiger partial charge in [-0.25, -0.2) is 0 Å². The fourth-order valence-electron chi connectivity index (χ4n) is 2.07. The van der Waals surface area contributed by atoms with E-state index in [-0.39, 0.29) is 12.5 Å². The lowest BCUT2D eigenvalue weighted by Gasteiger charge is -2.02. The Balaban J connectivity index is 1.67. The highest BCUT2D eigenvalue weighted by Crippen LogP contribution is 2.25. The quantitative estimate of drug-likeness (QED) is 0.736. The van der Waals surface area contributed by atoms with E-state index in [0.717, 1.165) is 5.65 Å². The van der Waals surface area contributed by atoms with Crippen molar-refractivity contribution in [3.05, 3.63) is 70.1 Å². The summed E-state index contributed by atoms with van der Waals surface area (Å²) in [5.74, 6) is 0.381. The standard InChI is InChI=1S/C16H12Cl2N4O/c17-12-4-3-5-13(18)11(12)7-8-16(23)19-10-15-21-20-14-6-1-2-9-22(14)15/h1-9H,10H2,(H,19,23). The van der Waals surface area contributed by atoms with E-state index in [4.69, 9.17) is 23.2 Å². The Morgan fingerprint density at radius 1 is 1.13 bits per heavy atom. The average molecular weight is 347 g/mol. The third-order valence-electron chi connectivity index (χ3n) is 3.21. The first-order valence-electron chi connectivity index (χ1n) is 6.84. The monoisotopic (exact) mass is 346 g/mol. The average Bonchev–Trinajstić information content (AvgIpc) is 2.96. The maximum Gasteiger partial charge on any atom is 0.244 e. The molecule has 5 nitrogen and oxygen atoms in total. The summed E-state index contributed by atoms with van der Waals surface area (Å²) < 4.78 is 1.81. The molecular formula is C16H12Cl2N4O. The number of carbonyl (C=O) groups excluding carboxylic acids is 1. The third-order valence-corrected chi connectivity index (χ3v) is 3.87. The molecule has 3 rings (SSSR count). The number of hydrogen-bond donors (Lipinski definition) is 1. The van der Waals surface area contributed by atoms with Crippen molar-refractivity contribution in [3.8, 4) is 0 Å². The van der Waals surface area contributed by atoms with Crippen LogP contribution in [0.3, 0.4) is 0 Å². The summed E-state index contributed by atoms with van der Waals surface area (Å²) in [6.45, 7) is 0.268. The molecule has 0 fully saturated rings. The molecule has 0 aliphatic carbocycles. The van der Waals surface area contributed by atoms with Crippen LogP contribution in [0.2, 0.25) is 10.0 Å². The molecule has 0 saturated carbocycles. The van der Waals surface area contributed by atoms with Crippen LogP contribution in [0.4, 0.5) is 0 Å². The maximum absolute atomic E-state index is 11.9. The van der Waals surface area contributed by atoms with Gasteiger partial charge in [-0.3, -0.25) is 9.20 Å². The molecule has 1 aromatic carbocycles. The second kappa shape index (κ2) is 6.81. The molecule has 3 aromatic rings. The number of benzene rings is 1. The fourth-order valence-corrected chi connectivity index (χ4v) is 2.59. The van der Waals surface area contributed by atoms with Crippen LogP contribution in [-0.2, 0) is 11.3 Å². The Kier molecular flexibility index (Phi) is 4.60. The van der Waals surface area contributed by atoms with Crippen molar-refractivity contribution in [2.24, 2.45) is 0 Å². The minimum atomic E-state index is -0.270. The van der Waals surface area contributed by atoms with Gasteiger partial charge in [-0.15, -0.1) is 10.2 Å². The largest absolute Gasteiger partial charge is 0.345 e. The van der Waals surface area contributed by atoms with Gasteiger partial charge in [0.1, 0.15) is 0 Å². The highest BCUT2D eigenvalue weighted by Gasteiger charge is 2.06. The second-order valence-electron chi connectivity index (χ2n) is 4.73. The summed E-state index contributed by atoms with van der Waals surface area (Å²) in [6.07, 6.45) is 4.81. The SMILES string of the molecule is O=C(C=Cc1c(Cl)cccc1Cl)NCc1nnc2ccccn12. The lowest BCUT2D eigenvalue weighted by atomic mass is 10.2. The van der Waals surface area contributed by atoms with Crippen molar-refractivity contribution in [1.29, 1.82) is 0 Å². The lowest BCUT2D eigenvalue weighted by molar-refractivity contribution is -0.116. The van der Waals surface area contributed by atoms with Gasteiger partial charge in [-0.05, 0) is 30.3 Å². The number of fused-ring (bicyclic) bond motifs is 1. The molecule has 2 aromatic heterocycles. The summed E-state index contributed by atoms with van der Waals surface area (Å²) in [5.41, 5.74) is 1.34. The van der Waals surface area contributed by atoms with Crippen molar-refractivity contribution < 1.29 is 4.79 Å². The Bertz CT molecular complexity index is 868. The normalized spacial score (nSPS) is 11.2. The van der Waals surface area contributed by atoms with E-state index in [1.165, 1.54) is 6.08 Å². The van der Waals surface area contributed by atoms with E-state index in [9.17, 15) is 4.79 Å². The van der Waals surface area contributed by atoms with E-state index >= 15 is 0 Å². The molecule has 0 atom stereocenters. The highest BCUT2D eigenvalue weighted by atomic mass is 35.5. The molecule has 0 spiro atoms. The van der Waals surface area contributed by atoms with Crippen LogP contribution < -0.4 is 5.32 Å². The molecule has 0 unspecified atom stereocenters. The third kappa shape index (κ3) is 3.52. The number of rotatable bonds is 4. The first-order valence-corrected chi connectivity index (χ1v) is 7.59. The van der Waals surface area contributed by atoms with Crippen LogP contribution in [0.1, 0.15) is 11.4 Å². The molecule has 116 valence electrons. The van der Waals surface area contributed by atoms with Gasteiger partial charge in [0.05, 0.1) is 6.54 Å². The van der Waals surface area contributed by atoms with Gasteiger partial charge in [-0.2, -0.15) is 0 Å². The molecule has 7 heteroatoms. The number of nitrogens with zero attached hydrogens (tertiary/aromatic N) is 3. The molecule has 0 aliphatic rings. The van der Waals surface area contributed by atoms with Crippen molar-refractivity contribution in [2.45, 2.75) is 6.54 Å². The summed E-state index contributed by atoms with van der Waals surface area (Å²) in [4.78, 5) is 11.9. The number of pyridine rings is 1. The molecule has 0 saturated heterocycles. The molecular weight excluding hydrogens is 335 g/mol. The van der Waals surface area contributed by atoms with Crippen LogP contribution in [0.5, 0.6) is 0 Å². The Morgan fingerprint density at radius 2 is 1.91 bits per heavy atom. The molecule has 0 bridgehead atoms. The van der Waals surface area contributed by atoms with Gasteiger partial charge >= 0.3 is 0 Å². The summed E-state index contributed by atoms with van der Waals surface area (Å²) >= 11 is 12.1. The van der Waals surface area contributed by atoms with Gasteiger partial charge in [-0.1, -0.05) is 35.3 Å². The predicted molar refractivity (Wildman–Crippen MR) is 90.3 cm³/mol. The zero-order valence-electron chi connectivity index (χ0n) is 11.9. The molecule has 1 amide bonds. The molecule has 0 radical (unpaired) electrons. The smallest absolute Gasteiger partial charge is 0.244 e. The van der Waals surface area contributed by atoms with Crippen LogP contribution in [-0.4, -0.2) is 20.5 Å². The van der Waals surface area contributed by atoms with E-state index in [1.54, 1.807) is 24.3 Å². The van der Waals surface area contributed by atoms with Gasteiger partial charge in [0, 0.05) is 27.9 Å². The maximum atomic E-state index is 11.9. The number of carbonyl (C=O) groups is 1. The zero-order valence-corrected chi connectivity index (χ0v) is 13.4. The van der Waals surface area contributed by atoms with Crippen molar-refractivity contribution in [2.75, 3.05) is 0 Å². The minimum absolute atomic E-state index is 0.268. The molecule has 2 heterocycles. The first kappa shape index (κ1) is 15.5. The van der Waals surface area contributed by atoms with Crippen molar-refractivity contribution in [1.82, 2.24) is 19.9 Å². The van der Waals surface area contributed by atoms with Gasteiger partial charge < -0.3 is 5.32 Å². The fraction of sp³-hybridized carbons (Fsp3) is 0.0625. The number of amides is 1. The number of hydrogen-bond acceptors (Lipinski definition) is 3. The summed E-state index contributed by atoms with van der Waals surface area (Å²) in [7, 11) is 0. The van der Waals surface area contributed by atoms with Gasteiger partial charge in [0.15, 0.2) is 11.5 Å². The van der Waals surface area contributed by atoms with Crippen LogP contribution >= 0.6 is 23.2 Å². The van der Waals surface area contributed by atoms with Crippen molar-refractivity contribution in [3.63, 3.8) is 0 Å². The zero-order chi connectivity index (χ0) is 16.2. The van der Waals surface area contributed by atoms with E-state index in [1.807, 2.05) is 28.8 Å². The van der Waals surface area contributed by atoms with Crippen molar-refractivity contribution >= 4 is 40.8 Å². The van der Waals surface area contributed by atoms with Crippen LogP contribution in [0.25, 0.3) is 11.7 Å². The van der Waals surface area contributed by atoms with E-state index in [0.29, 0.717) is 21.4 Å². The first-order chi connectivity index (χ1) is 11.1. The highest BCUT2D eigenvalue weighted by molar-refractivity contribution is 6.37. The number of halogens is 2. The van der Waals surface area contributed by atoms with Gasteiger partial charge in [0.25, 0.3) is 0 Å². The van der Waals surface area contributed by atoms with Gasteiger partial charge in [0.2, 0.25) is 5.91 Å². The Morgan fingerprint density at radius 3 is 2.70 bits per heavy atom. The predicted octanol–water partition coefficient (Wildman–Crippen LogP) is 3.37. The second-order valence-corrected chi connectivity index (χ2v) is 5.55. The summed E-state index contributed by atoms with van der Waals surface area (Å²) in [5, 5.41) is 11.8.